The standard InChI is InChI=1S/C55H57NO16/c1-31-38(69-50(63)44(70-51(64)66-29-34-19-11-7-12-20-34)42(35-21-13-8-14-22-35)56-48(61)36-23-15-9-16-24-36)28-55(65)47(71-49(62)37-25-17-10-18-26-37)45-53(6,39(59)27-40-54(45,30-67-40)72-33(3)58)46(60)43(68-32(2)57)41(31)52(55,4)5/h7-26,38-40,42-45,47,59,65H,27-30H2,1-6H3,(H,56,61)/t38-,39-,40?,42-,43+,44+,45-,47-,53+,54-,55+/m0/s1. The average molecular weight is 988 g/mol. The van der Waals surface area contributed by atoms with Gasteiger partial charge in [-0.05, 0) is 60.4 Å². The Labute approximate surface area is 415 Å². The maximum Gasteiger partial charge on any atom is 0.509 e. The first kappa shape index (κ1) is 51.2. The average Bonchev–Trinajstić information content (AvgIpc) is 3.36. The number of carbonyl (C=O) groups is 7. The Bertz CT molecular complexity index is 2750. The Morgan fingerprint density at radius 2 is 1.36 bits per heavy atom. The SMILES string of the molecule is CC(=O)O[C@H]1C(=O)[C@]2(C)[C@@H](O)CC3OC[C@@]3(OC(C)=O)[C@H]2[C@H](OC(=O)c2ccccc2)[C@]2(O)C[C@H](OC(=O)[C@H](OC(=O)OCc3ccccc3)[C@@H](NC(=O)c3ccccc3)c3ccccc3)C(C)=C1C2(C)C. The molecule has 17 heteroatoms. The van der Waals surface area contributed by atoms with Gasteiger partial charge in [-0.15, -0.1) is 0 Å². The molecule has 4 aromatic rings. The number of rotatable bonds is 13. The molecule has 4 aromatic carbocycles. The Morgan fingerprint density at radius 1 is 0.778 bits per heavy atom. The topological polar surface area (TPSA) is 237 Å². The van der Waals surface area contributed by atoms with Crippen LogP contribution in [0.4, 0.5) is 4.79 Å². The molecule has 17 nitrogen and oxygen atoms in total. The van der Waals surface area contributed by atoms with Crippen molar-refractivity contribution >= 4 is 41.7 Å². The molecule has 1 amide bonds. The van der Waals surface area contributed by atoms with Crippen molar-refractivity contribution in [1.29, 1.82) is 0 Å². The Hall–Kier alpha value is -7.21. The number of fused-ring (bicyclic) bond motifs is 5. The molecule has 3 aliphatic carbocycles. The molecule has 4 aliphatic rings. The lowest BCUT2D eigenvalue weighted by Crippen LogP contribution is -2.82. The van der Waals surface area contributed by atoms with Gasteiger partial charge in [-0.2, -0.15) is 0 Å². The second-order valence-corrected chi connectivity index (χ2v) is 19.5. The Kier molecular flexibility index (Phi) is 14.3. The van der Waals surface area contributed by atoms with Crippen molar-refractivity contribution in [1.82, 2.24) is 5.32 Å². The maximum absolute atomic E-state index is 15.7. The van der Waals surface area contributed by atoms with E-state index in [1.54, 1.807) is 123 Å². The van der Waals surface area contributed by atoms with E-state index in [1.807, 2.05) is 0 Å². The molecule has 378 valence electrons. The van der Waals surface area contributed by atoms with Crippen molar-refractivity contribution in [3.8, 4) is 0 Å². The van der Waals surface area contributed by atoms with E-state index in [9.17, 15) is 34.2 Å². The fraction of sp³-hybridized carbons (Fsp3) is 0.400. The van der Waals surface area contributed by atoms with Crippen LogP contribution in [0.15, 0.2) is 132 Å². The van der Waals surface area contributed by atoms with Crippen molar-refractivity contribution in [2.75, 3.05) is 6.61 Å². The fourth-order valence-corrected chi connectivity index (χ4v) is 11.1. The van der Waals surface area contributed by atoms with Crippen LogP contribution in [-0.2, 0) is 58.9 Å². The zero-order valence-corrected chi connectivity index (χ0v) is 40.6. The van der Waals surface area contributed by atoms with E-state index in [-0.39, 0.29) is 41.9 Å². The number of esters is 4. The summed E-state index contributed by atoms with van der Waals surface area (Å²) in [5.74, 6) is -7.10. The molecule has 1 saturated heterocycles. The summed E-state index contributed by atoms with van der Waals surface area (Å²) in [7, 11) is 0. The summed E-state index contributed by atoms with van der Waals surface area (Å²) in [4.78, 5) is 99.5. The summed E-state index contributed by atoms with van der Waals surface area (Å²) in [6.07, 6.45) is -12.2. The van der Waals surface area contributed by atoms with E-state index in [4.69, 9.17) is 33.2 Å². The zero-order chi connectivity index (χ0) is 51.8. The summed E-state index contributed by atoms with van der Waals surface area (Å²) in [6.45, 7) is 7.61. The van der Waals surface area contributed by atoms with Gasteiger partial charge in [0.15, 0.2) is 17.5 Å². The highest BCUT2D eigenvalue weighted by atomic mass is 16.7. The third kappa shape index (κ3) is 9.27. The number of Topliss-reactive ketones (excluding diaryl/α,β-unsaturated/α-hetero) is 1. The van der Waals surface area contributed by atoms with E-state index in [1.165, 1.54) is 26.0 Å². The first-order valence-corrected chi connectivity index (χ1v) is 23.6. The van der Waals surface area contributed by atoms with Gasteiger partial charge in [0.2, 0.25) is 6.10 Å². The summed E-state index contributed by atoms with van der Waals surface area (Å²) in [5, 5.41) is 29.0. The molecule has 0 radical (unpaired) electrons. The minimum atomic E-state index is -2.47. The summed E-state index contributed by atoms with van der Waals surface area (Å²) in [6, 6.07) is 31.3. The number of aliphatic hydroxyl groups is 2. The summed E-state index contributed by atoms with van der Waals surface area (Å²) < 4.78 is 42.1. The van der Waals surface area contributed by atoms with E-state index >= 15 is 9.59 Å². The molecule has 3 N–H and O–H groups in total. The highest BCUT2D eigenvalue weighted by Crippen LogP contribution is 2.64. The van der Waals surface area contributed by atoms with Crippen molar-refractivity contribution < 1.29 is 76.9 Å². The normalized spacial score (nSPS) is 28.9. The van der Waals surface area contributed by atoms with Gasteiger partial charge in [0.1, 0.15) is 36.6 Å². The van der Waals surface area contributed by atoms with Crippen LogP contribution in [0, 0.1) is 16.7 Å². The quantitative estimate of drug-likeness (QED) is 0.0780. The zero-order valence-electron chi connectivity index (χ0n) is 40.6. The second kappa shape index (κ2) is 20.1. The molecule has 8 rings (SSSR count). The molecule has 2 saturated carbocycles. The molecule has 1 aliphatic heterocycles. The molecular formula is C55H57NO16. The van der Waals surface area contributed by atoms with E-state index in [0.29, 0.717) is 11.1 Å². The van der Waals surface area contributed by atoms with Gasteiger partial charge in [-0.1, -0.05) is 111 Å². The summed E-state index contributed by atoms with van der Waals surface area (Å²) >= 11 is 0. The lowest BCUT2D eigenvalue weighted by atomic mass is 9.44. The number of nitrogens with one attached hydrogen (secondary N) is 1. The smallest absolute Gasteiger partial charge is 0.455 e. The molecule has 1 unspecified atom stereocenters. The Balaban J connectivity index is 1.29. The number of ether oxygens (including phenoxy) is 7. The lowest BCUT2D eigenvalue weighted by Gasteiger charge is -2.67. The number of hydrogen-bond donors (Lipinski definition) is 3. The van der Waals surface area contributed by atoms with Crippen LogP contribution in [0.25, 0.3) is 0 Å². The molecule has 2 bridgehead atoms. The van der Waals surface area contributed by atoms with Crippen LogP contribution in [-0.4, -0.2) is 106 Å². The van der Waals surface area contributed by atoms with Crippen molar-refractivity contribution in [2.24, 2.45) is 16.7 Å². The predicted octanol–water partition coefficient (Wildman–Crippen LogP) is 6.10. The van der Waals surface area contributed by atoms with Crippen molar-refractivity contribution in [3.63, 3.8) is 0 Å². The first-order chi connectivity index (χ1) is 34.2. The highest BCUT2D eigenvalue weighted by molar-refractivity contribution is 5.96. The van der Waals surface area contributed by atoms with E-state index in [0.717, 1.165) is 13.8 Å². The number of aliphatic hydroxyl groups excluding tert-OH is 1. The molecule has 72 heavy (non-hydrogen) atoms. The van der Waals surface area contributed by atoms with Gasteiger partial charge < -0.3 is 48.7 Å². The third-order valence-corrected chi connectivity index (χ3v) is 14.9. The number of benzene rings is 4. The van der Waals surface area contributed by atoms with Crippen LogP contribution in [0.5, 0.6) is 0 Å². The first-order valence-electron chi connectivity index (χ1n) is 23.6. The minimum absolute atomic E-state index is 0.0421. The molecule has 0 aromatic heterocycles. The van der Waals surface area contributed by atoms with Crippen molar-refractivity contribution in [3.05, 3.63) is 155 Å². The number of hydrogen-bond acceptors (Lipinski definition) is 16. The molecule has 11 atom stereocenters. The molecule has 0 spiro atoms. The van der Waals surface area contributed by atoms with Gasteiger partial charge in [-0.25, -0.2) is 14.4 Å². The van der Waals surface area contributed by atoms with Gasteiger partial charge >= 0.3 is 30.0 Å². The number of carbonyl (C=O) groups excluding carboxylic acids is 7. The Morgan fingerprint density at radius 3 is 1.93 bits per heavy atom. The van der Waals surface area contributed by atoms with E-state index in [2.05, 4.69) is 5.32 Å². The van der Waals surface area contributed by atoms with E-state index < -0.39 is 119 Å². The molecule has 3 fully saturated rings. The fourth-order valence-electron chi connectivity index (χ4n) is 11.1. The van der Waals surface area contributed by atoms with Crippen molar-refractivity contribution in [2.45, 2.75) is 115 Å². The van der Waals surface area contributed by atoms with Gasteiger partial charge in [0.25, 0.3) is 5.91 Å². The minimum Gasteiger partial charge on any atom is -0.455 e. The van der Waals surface area contributed by atoms with Gasteiger partial charge in [0, 0.05) is 37.7 Å². The van der Waals surface area contributed by atoms with Gasteiger partial charge in [0.05, 0.1) is 29.6 Å². The van der Waals surface area contributed by atoms with Crippen LogP contribution >= 0.6 is 0 Å². The van der Waals surface area contributed by atoms with Crippen LogP contribution in [0.3, 0.4) is 0 Å². The van der Waals surface area contributed by atoms with Crippen LogP contribution < -0.4 is 5.32 Å². The molecule has 1 heterocycles. The van der Waals surface area contributed by atoms with Crippen LogP contribution in [0.1, 0.15) is 92.3 Å². The second-order valence-electron chi connectivity index (χ2n) is 19.5. The number of amides is 1. The summed E-state index contributed by atoms with van der Waals surface area (Å²) in [5.41, 5.74) is -6.92. The van der Waals surface area contributed by atoms with Gasteiger partial charge in [-0.3, -0.25) is 19.2 Å². The predicted molar refractivity (Wildman–Crippen MR) is 253 cm³/mol. The maximum atomic E-state index is 15.7. The van der Waals surface area contributed by atoms with Crippen LogP contribution in [0.2, 0.25) is 0 Å². The molecular weight excluding hydrogens is 931 g/mol. The monoisotopic (exact) mass is 987 g/mol. The lowest BCUT2D eigenvalue weighted by molar-refractivity contribution is -0.346. The highest BCUT2D eigenvalue weighted by Gasteiger charge is 2.78. The third-order valence-electron chi connectivity index (χ3n) is 14.9. The number of ketones is 1. The largest absolute Gasteiger partial charge is 0.509 e.